The Labute approximate surface area is 112 Å². The minimum Gasteiger partial charge on any atom is -0.365 e. The van der Waals surface area contributed by atoms with Crippen molar-refractivity contribution in [2.45, 2.75) is 13.8 Å². The highest BCUT2D eigenvalue weighted by Gasteiger charge is 2.13. The molecule has 0 heterocycles. The zero-order chi connectivity index (χ0) is 14.4. The summed E-state index contributed by atoms with van der Waals surface area (Å²) in [5.74, 6) is -0.508. The molecule has 0 saturated carbocycles. The topological polar surface area (TPSA) is 40.6 Å². The van der Waals surface area contributed by atoms with Gasteiger partial charge in [0.25, 0.3) is 0 Å². The van der Waals surface area contributed by atoms with Crippen LogP contribution in [0, 0.1) is 5.82 Å². The average molecular weight is 266 g/mol. The highest BCUT2D eigenvalue weighted by atomic mass is 19.1. The normalized spacial score (nSPS) is 10.1. The van der Waals surface area contributed by atoms with Crippen LogP contribution in [0.4, 0.5) is 10.1 Å². The van der Waals surface area contributed by atoms with Crippen LogP contribution in [0.5, 0.6) is 0 Å². The number of aldehydes is 1. The molecule has 0 saturated heterocycles. The van der Waals surface area contributed by atoms with Crippen molar-refractivity contribution in [3.63, 3.8) is 0 Å². The molecule has 5 heteroatoms. The first kappa shape index (κ1) is 15.1. The lowest BCUT2D eigenvalue weighted by atomic mass is 10.2. The number of carbonyl (C=O) groups is 2. The molecule has 0 fully saturated rings. The smallest absolute Gasteiger partial charge is 0.242 e. The van der Waals surface area contributed by atoms with Crippen LogP contribution in [-0.4, -0.2) is 43.8 Å². The van der Waals surface area contributed by atoms with Crippen molar-refractivity contribution in [3.05, 3.63) is 29.6 Å². The summed E-state index contributed by atoms with van der Waals surface area (Å²) < 4.78 is 13.3. The van der Waals surface area contributed by atoms with E-state index in [1.54, 1.807) is 22.9 Å². The van der Waals surface area contributed by atoms with Gasteiger partial charge in [-0.3, -0.25) is 9.59 Å². The number of rotatable bonds is 6. The van der Waals surface area contributed by atoms with Crippen LogP contribution in [0.1, 0.15) is 24.2 Å². The van der Waals surface area contributed by atoms with Crippen LogP contribution in [0.2, 0.25) is 0 Å². The van der Waals surface area contributed by atoms with Gasteiger partial charge in [0, 0.05) is 31.4 Å². The molecule has 4 nitrogen and oxygen atoms in total. The molecular formula is C14H19FN2O2. The summed E-state index contributed by atoms with van der Waals surface area (Å²) in [6.07, 6.45) is 0.590. The molecule has 0 bridgehead atoms. The number of hydrogen-bond acceptors (Lipinski definition) is 3. The minimum atomic E-state index is -0.485. The number of benzene rings is 1. The minimum absolute atomic E-state index is 0.0237. The maximum atomic E-state index is 13.3. The summed E-state index contributed by atoms with van der Waals surface area (Å²) in [6.45, 7) is 5.27. The number of hydrogen-bond donors (Lipinski definition) is 0. The Morgan fingerprint density at radius 1 is 1.26 bits per heavy atom. The third kappa shape index (κ3) is 4.05. The van der Waals surface area contributed by atoms with E-state index in [0.717, 1.165) is 6.07 Å². The maximum absolute atomic E-state index is 13.3. The Balaban J connectivity index is 2.83. The largest absolute Gasteiger partial charge is 0.365 e. The second-order valence-corrected chi connectivity index (χ2v) is 4.28. The molecule has 0 unspecified atom stereocenters. The first-order valence-corrected chi connectivity index (χ1v) is 6.26. The van der Waals surface area contributed by atoms with Gasteiger partial charge in [0.2, 0.25) is 5.91 Å². The van der Waals surface area contributed by atoms with E-state index in [2.05, 4.69) is 0 Å². The Hall–Kier alpha value is -1.91. The number of carbonyl (C=O) groups excluding carboxylic acids is 2. The van der Waals surface area contributed by atoms with Gasteiger partial charge in [-0.05, 0) is 32.0 Å². The molecule has 0 atom stereocenters. The third-order valence-electron chi connectivity index (χ3n) is 2.97. The molecule has 0 aliphatic heterocycles. The highest BCUT2D eigenvalue weighted by molar-refractivity contribution is 5.82. The molecule has 1 rings (SSSR count). The van der Waals surface area contributed by atoms with Crippen LogP contribution in [0.25, 0.3) is 0 Å². The molecular weight excluding hydrogens is 247 g/mol. The van der Waals surface area contributed by atoms with Gasteiger partial charge in [0.05, 0.1) is 6.54 Å². The first-order valence-electron chi connectivity index (χ1n) is 6.26. The molecule has 0 aromatic heterocycles. The predicted octanol–water partition coefficient (Wildman–Crippen LogP) is 1.94. The van der Waals surface area contributed by atoms with E-state index < -0.39 is 5.82 Å². The fourth-order valence-corrected chi connectivity index (χ4v) is 1.86. The van der Waals surface area contributed by atoms with E-state index in [1.807, 2.05) is 13.8 Å². The summed E-state index contributed by atoms with van der Waals surface area (Å²) >= 11 is 0. The van der Waals surface area contributed by atoms with Gasteiger partial charge in [-0.2, -0.15) is 0 Å². The van der Waals surface area contributed by atoms with Crippen LogP contribution in [0.3, 0.4) is 0 Å². The average Bonchev–Trinajstić information content (AvgIpc) is 2.39. The fourth-order valence-electron chi connectivity index (χ4n) is 1.86. The van der Waals surface area contributed by atoms with Crippen LogP contribution >= 0.6 is 0 Å². The van der Waals surface area contributed by atoms with E-state index >= 15 is 0 Å². The summed E-state index contributed by atoms with van der Waals surface area (Å²) in [4.78, 5) is 26.0. The van der Waals surface area contributed by atoms with Crippen molar-refractivity contribution in [2.75, 3.05) is 31.6 Å². The zero-order valence-corrected chi connectivity index (χ0v) is 11.5. The Bertz CT molecular complexity index is 459. The monoisotopic (exact) mass is 266 g/mol. The van der Waals surface area contributed by atoms with E-state index in [9.17, 15) is 14.0 Å². The third-order valence-corrected chi connectivity index (χ3v) is 2.97. The number of nitrogens with zero attached hydrogens (tertiary/aromatic N) is 2. The molecule has 1 aromatic carbocycles. The second-order valence-electron chi connectivity index (χ2n) is 4.28. The summed E-state index contributed by atoms with van der Waals surface area (Å²) in [5, 5.41) is 0. The lowest BCUT2D eigenvalue weighted by Gasteiger charge is -2.24. The van der Waals surface area contributed by atoms with Gasteiger partial charge >= 0.3 is 0 Å². The van der Waals surface area contributed by atoms with Gasteiger partial charge in [-0.15, -0.1) is 0 Å². The van der Waals surface area contributed by atoms with Crippen molar-refractivity contribution in [2.24, 2.45) is 0 Å². The van der Waals surface area contributed by atoms with Crippen molar-refractivity contribution in [1.29, 1.82) is 0 Å². The Kier molecular flexibility index (Phi) is 5.48. The van der Waals surface area contributed by atoms with Gasteiger partial charge < -0.3 is 9.80 Å². The quantitative estimate of drug-likeness (QED) is 0.739. The van der Waals surface area contributed by atoms with Crippen LogP contribution < -0.4 is 4.90 Å². The lowest BCUT2D eigenvalue weighted by Crippen LogP contribution is -2.38. The molecule has 104 valence electrons. The van der Waals surface area contributed by atoms with E-state index in [0.29, 0.717) is 25.1 Å². The van der Waals surface area contributed by atoms with Crippen molar-refractivity contribution in [3.8, 4) is 0 Å². The second kappa shape index (κ2) is 6.87. The number of halogens is 1. The van der Waals surface area contributed by atoms with E-state index in [4.69, 9.17) is 0 Å². The summed E-state index contributed by atoms with van der Waals surface area (Å²) in [6, 6.07) is 4.03. The highest BCUT2D eigenvalue weighted by Crippen LogP contribution is 2.16. The van der Waals surface area contributed by atoms with Gasteiger partial charge in [0.15, 0.2) is 0 Å². The summed E-state index contributed by atoms with van der Waals surface area (Å²) in [5.41, 5.74) is 0.778. The molecule has 0 aliphatic carbocycles. The van der Waals surface area contributed by atoms with Crippen molar-refractivity contribution < 1.29 is 14.0 Å². The Morgan fingerprint density at radius 3 is 2.42 bits per heavy atom. The number of anilines is 1. The summed E-state index contributed by atoms with van der Waals surface area (Å²) in [7, 11) is 1.70. The Morgan fingerprint density at radius 2 is 1.89 bits per heavy atom. The molecule has 19 heavy (non-hydrogen) atoms. The van der Waals surface area contributed by atoms with Crippen molar-refractivity contribution in [1.82, 2.24) is 4.90 Å². The molecule has 1 amide bonds. The van der Waals surface area contributed by atoms with Crippen LogP contribution in [0.15, 0.2) is 18.2 Å². The molecule has 0 spiro atoms. The van der Waals surface area contributed by atoms with E-state index in [-0.39, 0.29) is 18.0 Å². The molecule has 0 radical (unpaired) electrons. The molecule has 0 aliphatic rings. The fraction of sp³-hybridized carbons (Fsp3) is 0.429. The van der Waals surface area contributed by atoms with Gasteiger partial charge in [-0.25, -0.2) is 4.39 Å². The zero-order valence-electron chi connectivity index (χ0n) is 11.5. The van der Waals surface area contributed by atoms with Gasteiger partial charge in [0.1, 0.15) is 12.1 Å². The number of likely N-dealkylation sites (N-methyl/N-ethyl adjacent to an activating group) is 2. The molecule has 0 N–H and O–H groups in total. The van der Waals surface area contributed by atoms with Crippen LogP contribution in [-0.2, 0) is 4.79 Å². The lowest BCUT2D eigenvalue weighted by molar-refractivity contribution is -0.129. The predicted molar refractivity (Wildman–Crippen MR) is 73.0 cm³/mol. The standard InChI is InChI=1S/C14H19FN2O2/c1-4-17(5-2)14(19)9-16(3)13-7-11(10-18)6-12(15)8-13/h6-8,10H,4-5,9H2,1-3H3. The van der Waals surface area contributed by atoms with Crippen molar-refractivity contribution >= 4 is 17.9 Å². The van der Waals surface area contributed by atoms with Gasteiger partial charge in [-0.1, -0.05) is 0 Å². The van der Waals surface area contributed by atoms with E-state index in [1.165, 1.54) is 6.07 Å². The number of amides is 1. The first-order chi connectivity index (χ1) is 9.01. The molecule has 1 aromatic rings. The SMILES string of the molecule is CCN(CC)C(=O)CN(C)c1cc(F)cc(C=O)c1. The maximum Gasteiger partial charge on any atom is 0.242 e.